The largest absolute Gasteiger partial charge is 0.508 e. The third-order valence-electron chi connectivity index (χ3n) is 4.52. The average molecular weight is 441 g/mol. The van der Waals surface area contributed by atoms with Crippen molar-refractivity contribution < 1.29 is 24.5 Å². The topological polar surface area (TPSA) is 111 Å². The van der Waals surface area contributed by atoms with Gasteiger partial charge in [0, 0.05) is 13.1 Å². The zero-order valence-corrected chi connectivity index (χ0v) is 19.0. The summed E-state index contributed by atoms with van der Waals surface area (Å²) in [5.41, 5.74) is 3.77. The predicted molar refractivity (Wildman–Crippen MR) is 125 cm³/mol. The second-order valence-electron chi connectivity index (χ2n) is 8.72. The summed E-state index contributed by atoms with van der Waals surface area (Å²) in [6, 6.07) is 15.5. The van der Waals surface area contributed by atoms with E-state index >= 15 is 0 Å². The minimum Gasteiger partial charge on any atom is -0.508 e. The summed E-state index contributed by atoms with van der Waals surface area (Å²) in [5.74, 6) is -0.121. The van der Waals surface area contributed by atoms with Crippen molar-refractivity contribution in [1.82, 2.24) is 15.8 Å². The van der Waals surface area contributed by atoms with Gasteiger partial charge in [0.25, 0.3) is 0 Å². The molecule has 2 aromatic carbocycles. The van der Waals surface area contributed by atoms with E-state index in [1.165, 1.54) is 12.9 Å². The summed E-state index contributed by atoms with van der Waals surface area (Å²) in [4.78, 5) is 24.1. The normalized spacial score (nSPS) is 13.3. The average Bonchev–Trinajstić information content (AvgIpc) is 2.68. The molecule has 0 bridgehead atoms. The number of rotatable bonds is 9. The summed E-state index contributed by atoms with van der Waals surface area (Å²) in [6.45, 7) is 5.59. The molecule has 2 atom stereocenters. The Hall–Kier alpha value is -3.04. The number of phenols is 1. The lowest BCUT2D eigenvalue weighted by atomic mass is 9.99. The highest BCUT2D eigenvalue weighted by molar-refractivity contribution is 6.57. The number of nitrogens with one attached hydrogen (secondary N) is 2. The van der Waals surface area contributed by atoms with Crippen LogP contribution >= 0.6 is 0 Å². The molecule has 9 heteroatoms. The van der Waals surface area contributed by atoms with Crippen LogP contribution in [0.2, 0.25) is 0 Å². The monoisotopic (exact) mass is 441 g/mol. The fourth-order valence-corrected chi connectivity index (χ4v) is 3.17. The molecule has 2 aromatic rings. The Morgan fingerprint density at radius 1 is 1.06 bits per heavy atom. The van der Waals surface area contributed by atoms with Crippen LogP contribution in [0.3, 0.4) is 0 Å². The van der Waals surface area contributed by atoms with Gasteiger partial charge >= 0.3 is 6.09 Å². The van der Waals surface area contributed by atoms with E-state index in [1.54, 1.807) is 45.0 Å². The van der Waals surface area contributed by atoms with Crippen LogP contribution in [0.4, 0.5) is 9.59 Å². The Balaban J connectivity index is 2.16. The quantitative estimate of drug-likeness (QED) is 0.350. The third-order valence-corrected chi connectivity index (χ3v) is 4.52. The van der Waals surface area contributed by atoms with Crippen molar-refractivity contribution in [2.75, 3.05) is 6.54 Å². The Kier molecular flexibility index (Phi) is 9.10. The number of nitrogens with zero attached hydrogens (tertiary/aromatic N) is 1. The second-order valence-corrected chi connectivity index (χ2v) is 8.72. The maximum Gasteiger partial charge on any atom is 0.422 e. The van der Waals surface area contributed by atoms with E-state index in [2.05, 4.69) is 10.7 Å². The molecular weight excluding hydrogens is 409 g/mol. The maximum absolute atomic E-state index is 12.4. The number of hydrazine groups is 1. The Labute approximate surface area is 190 Å². The molecule has 0 fully saturated rings. The maximum atomic E-state index is 12.4. The van der Waals surface area contributed by atoms with Crippen LogP contribution in [0.25, 0.3) is 0 Å². The van der Waals surface area contributed by atoms with Crippen molar-refractivity contribution in [3.8, 4) is 5.75 Å². The highest BCUT2D eigenvalue weighted by Crippen LogP contribution is 2.14. The van der Waals surface area contributed by atoms with E-state index < -0.39 is 23.8 Å². The first-order valence-electron chi connectivity index (χ1n) is 10.5. The number of aromatic hydroxyl groups is 1. The van der Waals surface area contributed by atoms with Gasteiger partial charge in [0.1, 0.15) is 11.4 Å². The van der Waals surface area contributed by atoms with Gasteiger partial charge in [0.05, 0.1) is 12.1 Å². The van der Waals surface area contributed by atoms with Crippen LogP contribution in [-0.2, 0) is 17.7 Å². The van der Waals surface area contributed by atoms with Gasteiger partial charge in [-0.15, -0.1) is 0 Å². The molecule has 2 rings (SSSR count). The second kappa shape index (κ2) is 11.5. The van der Waals surface area contributed by atoms with Crippen LogP contribution in [-0.4, -0.2) is 59.3 Å². The highest BCUT2D eigenvalue weighted by Gasteiger charge is 2.25. The molecular formula is C23H32BN3O5. The van der Waals surface area contributed by atoms with Crippen molar-refractivity contribution in [2.24, 2.45) is 0 Å². The van der Waals surface area contributed by atoms with Gasteiger partial charge in [-0.2, -0.15) is 0 Å². The number of hydrogen-bond acceptors (Lipinski definition) is 6. The number of carbonyl (C=O) groups excluding carboxylic acids is 2. The highest BCUT2D eigenvalue weighted by atomic mass is 16.6. The molecule has 0 aromatic heterocycles. The predicted octanol–water partition coefficient (Wildman–Crippen LogP) is 1.95. The molecule has 0 aliphatic rings. The number of aliphatic hydroxyl groups excluding tert-OH is 1. The molecule has 0 aliphatic heterocycles. The molecule has 2 amide bonds. The molecule has 4 N–H and O–H groups in total. The van der Waals surface area contributed by atoms with Crippen molar-refractivity contribution in [1.29, 1.82) is 0 Å². The minimum absolute atomic E-state index is 0.0396. The van der Waals surface area contributed by atoms with Crippen LogP contribution < -0.4 is 10.7 Å². The Morgan fingerprint density at radius 2 is 1.69 bits per heavy atom. The molecule has 8 nitrogen and oxygen atoms in total. The lowest BCUT2D eigenvalue weighted by Crippen LogP contribution is -2.53. The van der Waals surface area contributed by atoms with E-state index in [0.717, 1.165) is 11.1 Å². The number of benzene rings is 2. The number of carbonyl (C=O) groups is 2. The third kappa shape index (κ3) is 9.41. The molecule has 0 saturated carbocycles. The van der Waals surface area contributed by atoms with Gasteiger partial charge in [-0.05, 0) is 50.5 Å². The van der Waals surface area contributed by atoms with Crippen molar-refractivity contribution >= 4 is 19.7 Å². The van der Waals surface area contributed by atoms with Gasteiger partial charge < -0.3 is 20.3 Å². The summed E-state index contributed by atoms with van der Waals surface area (Å²) >= 11 is 0. The summed E-state index contributed by atoms with van der Waals surface area (Å²) < 4.78 is 5.34. The number of hydrogen-bond donors (Lipinski definition) is 4. The first-order chi connectivity index (χ1) is 15.0. The lowest BCUT2D eigenvalue weighted by Gasteiger charge is -2.31. The molecule has 0 unspecified atom stereocenters. The standard InChI is InChI=1S/C23H32BN3O5/c1-23(2,3)32-22(31)26-27(14-17-9-11-18(28)12-10-17)15-20(29)19(25-21(24)30)13-16-7-5-4-6-8-16/h4-12,19-20,28-29H,13-15,24H2,1-3H3,(H,25,30)(H,26,31)/t19-,20-/m1/s1. The molecule has 0 aliphatic carbocycles. The minimum atomic E-state index is -0.980. The van der Waals surface area contributed by atoms with E-state index in [-0.39, 0.29) is 24.6 Å². The van der Waals surface area contributed by atoms with Crippen LogP contribution in [0, 0.1) is 0 Å². The van der Waals surface area contributed by atoms with Crippen LogP contribution in [0.1, 0.15) is 31.9 Å². The fraction of sp³-hybridized carbons (Fsp3) is 0.391. The molecule has 0 heterocycles. The van der Waals surface area contributed by atoms with E-state index in [4.69, 9.17) is 4.74 Å². The zero-order chi connectivity index (χ0) is 23.7. The molecule has 32 heavy (non-hydrogen) atoms. The summed E-state index contributed by atoms with van der Waals surface area (Å²) in [5, 5.41) is 24.8. The first-order valence-corrected chi connectivity index (χ1v) is 10.5. The van der Waals surface area contributed by atoms with Crippen LogP contribution in [0.5, 0.6) is 5.75 Å². The Morgan fingerprint density at radius 3 is 2.25 bits per heavy atom. The van der Waals surface area contributed by atoms with Gasteiger partial charge in [-0.1, -0.05) is 42.5 Å². The van der Waals surface area contributed by atoms with Crippen LogP contribution in [0.15, 0.2) is 54.6 Å². The lowest BCUT2D eigenvalue weighted by molar-refractivity contribution is 0.0156. The molecule has 172 valence electrons. The van der Waals surface area contributed by atoms with Gasteiger partial charge in [0.2, 0.25) is 7.85 Å². The number of ether oxygens (including phenoxy) is 1. The van der Waals surface area contributed by atoms with Crippen molar-refractivity contribution in [2.45, 2.75) is 51.5 Å². The number of amides is 2. The van der Waals surface area contributed by atoms with E-state index in [1.807, 2.05) is 30.3 Å². The zero-order valence-electron chi connectivity index (χ0n) is 19.0. The van der Waals surface area contributed by atoms with Gasteiger partial charge in [0.15, 0.2) is 5.81 Å². The first kappa shape index (κ1) is 25.2. The molecule has 0 saturated heterocycles. The number of aliphatic hydroxyl groups is 1. The van der Waals surface area contributed by atoms with Gasteiger partial charge in [-0.3, -0.25) is 10.2 Å². The van der Waals surface area contributed by atoms with Gasteiger partial charge in [-0.25, -0.2) is 9.80 Å². The van der Waals surface area contributed by atoms with E-state index in [0.29, 0.717) is 6.42 Å². The molecule has 0 spiro atoms. The SMILES string of the molecule is BC(=O)N[C@H](Cc1ccccc1)[C@H](O)CN(Cc1ccc(O)cc1)NC(=O)OC(C)(C)C. The number of phenolic OH excluding ortho intramolecular Hbond substituents is 1. The van der Waals surface area contributed by atoms with E-state index in [9.17, 15) is 19.8 Å². The molecule has 0 radical (unpaired) electrons. The van der Waals surface area contributed by atoms with Crippen molar-refractivity contribution in [3.63, 3.8) is 0 Å². The fourth-order valence-electron chi connectivity index (χ4n) is 3.17. The summed E-state index contributed by atoms with van der Waals surface area (Å²) in [7, 11) is 1.40. The summed E-state index contributed by atoms with van der Waals surface area (Å²) in [6.07, 6.45) is -1.20. The Bertz CT molecular complexity index is 871. The van der Waals surface area contributed by atoms with Crippen molar-refractivity contribution in [3.05, 3.63) is 65.7 Å². The smallest absolute Gasteiger partial charge is 0.422 e.